The molecular formula is C13H20F3N3O. The van der Waals surface area contributed by atoms with E-state index < -0.39 is 18.6 Å². The van der Waals surface area contributed by atoms with Crippen LogP contribution in [0, 0.1) is 5.92 Å². The topological polar surface area (TPSA) is 60.0 Å². The molecule has 0 aliphatic heterocycles. The lowest BCUT2D eigenvalue weighted by Gasteiger charge is -2.19. The van der Waals surface area contributed by atoms with Crippen molar-refractivity contribution in [2.75, 3.05) is 6.54 Å². The lowest BCUT2D eigenvalue weighted by molar-refractivity contribution is -0.140. The van der Waals surface area contributed by atoms with Crippen LogP contribution in [-0.2, 0) is 6.54 Å². The highest BCUT2D eigenvalue weighted by atomic mass is 19.4. The number of amides is 1. The van der Waals surface area contributed by atoms with Gasteiger partial charge in [0.15, 0.2) is 0 Å². The van der Waals surface area contributed by atoms with Crippen LogP contribution in [0.4, 0.5) is 13.2 Å². The Hall–Kier alpha value is -1.50. The zero-order chi connectivity index (χ0) is 15.3. The first-order valence-corrected chi connectivity index (χ1v) is 6.45. The summed E-state index contributed by atoms with van der Waals surface area (Å²) < 4.78 is 38.1. The first-order valence-electron chi connectivity index (χ1n) is 6.45. The van der Waals surface area contributed by atoms with Gasteiger partial charge in [0.2, 0.25) is 0 Å². The second-order valence-corrected chi connectivity index (χ2v) is 5.17. The summed E-state index contributed by atoms with van der Waals surface area (Å²) in [7, 11) is 0. The molecule has 7 heteroatoms. The SMILES string of the molecule is CC(C)CC(CN)NC(=O)c1cccn1CC(F)(F)F. The third-order valence-corrected chi connectivity index (χ3v) is 2.79. The van der Waals surface area contributed by atoms with Gasteiger partial charge in [0.1, 0.15) is 12.2 Å². The molecule has 114 valence electrons. The number of nitrogens with one attached hydrogen (secondary N) is 1. The van der Waals surface area contributed by atoms with Crippen molar-refractivity contribution >= 4 is 5.91 Å². The second kappa shape index (κ2) is 6.78. The van der Waals surface area contributed by atoms with Crippen LogP contribution in [0.15, 0.2) is 18.3 Å². The molecular weight excluding hydrogens is 271 g/mol. The molecule has 0 fully saturated rings. The van der Waals surface area contributed by atoms with Gasteiger partial charge in [-0.2, -0.15) is 13.2 Å². The lowest BCUT2D eigenvalue weighted by Crippen LogP contribution is -2.42. The van der Waals surface area contributed by atoms with Crippen LogP contribution in [0.25, 0.3) is 0 Å². The first-order chi connectivity index (χ1) is 9.23. The summed E-state index contributed by atoms with van der Waals surface area (Å²) in [5, 5.41) is 2.67. The number of alkyl halides is 3. The predicted molar refractivity (Wildman–Crippen MR) is 70.3 cm³/mol. The maximum absolute atomic E-state index is 12.4. The van der Waals surface area contributed by atoms with Gasteiger partial charge in [-0.3, -0.25) is 4.79 Å². The van der Waals surface area contributed by atoms with Crippen LogP contribution in [0.3, 0.4) is 0 Å². The van der Waals surface area contributed by atoms with Crippen LogP contribution in [0.5, 0.6) is 0 Å². The number of rotatable bonds is 6. The number of halogens is 3. The maximum Gasteiger partial charge on any atom is 0.406 e. The van der Waals surface area contributed by atoms with Crippen LogP contribution >= 0.6 is 0 Å². The fourth-order valence-corrected chi connectivity index (χ4v) is 1.99. The fraction of sp³-hybridized carbons (Fsp3) is 0.615. The highest BCUT2D eigenvalue weighted by Gasteiger charge is 2.29. The average Bonchev–Trinajstić information content (AvgIpc) is 2.73. The van der Waals surface area contributed by atoms with E-state index in [1.165, 1.54) is 18.3 Å². The summed E-state index contributed by atoms with van der Waals surface area (Å²) in [6.45, 7) is 3.05. The maximum atomic E-state index is 12.4. The van der Waals surface area contributed by atoms with Gasteiger partial charge in [0.05, 0.1) is 0 Å². The Morgan fingerprint density at radius 1 is 1.45 bits per heavy atom. The minimum absolute atomic E-state index is 0.00969. The van der Waals surface area contributed by atoms with Gasteiger partial charge in [-0.25, -0.2) is 0 Å². The quantitative estimate of drug-likeness (QED) is 0.843. The van der Waals surface area contributed by atoms with E-state index in [0.717, 1.165) is 4.57 Å². The Labute approximate surface area is 116 Å². The Balaban J connectivity index is 2.75. The summed E-state index contributed by atoms with van der Waals surface area (Å²) in [6.07, 6.45) is -2.44. The van der Waals surface area contributed by atoms with Gasteiger partial charge in [-0.15, -0.1) is 0 Å². The Morgan fingerprint density at radius 3 is 2.60 bits per heavy atom. The number of nitrogens with zero attached hydrogens (tertiary/aromatic N) is 1. The molecule has 1 rings (SSSR count). The molecule has 1 atom stereocenters. The molecule has 0 saturated heterocycles. The largest absolute Gasteiger partial charge is 0.406 e. The van der Waals surface area contributed by atoms with Crippen LogP contribution in [0.2, 0.25) is 0 Å². The predicted octanol–water partition coefficient (Wildman–Crippen LogP) is 2.15. The molecule has 1 unspecified atom stereocenters. The standard InChI is InChI=1S/C13H20F3N3O/c1-9(2)6-10(7-17)18-12(20)11-4-3-5-19(11)8-13(14,15)16/h3-5,9-10H,6-8,17H2,1-2H3,(H,18,20). The lowest BCUT2D eigenvalue weighted by atomic mass is 10.0. The molecule has 0 aliphatic rings. The Morgan fingerprint density at radius 2 is 2.10 bits per heavy atom. The molecule has 0 bridgehead atoms. The van der Waals surface area contributed by atoms with Crippen molar-refractivity contribution in [3.05, 3.63) is 24.0 Å². The van der Waals surface area contributed by atoms with Crippen LogP contribution in [-0.4, -0.2) is 29.2 Å². The van der Waals surface area contributed by atoms with Crippen molar-refractivity contribution in [1.82, 2.24) is 9.88 Å². The number of carbonyl (C=O) groups is 1. The first kappa shape index (κ1) is 16.6. The van der Waals surface area contributed by atoms with E-state index in [-0.39, 0.29) is 18.3 Å². The molecule has 0 spiro atoms. The van der Waals surface area contributed by atoms with Gasteiger partial charge in [-0.05, 0) is 24.5 Å². The monoisotopic (exact) mass is 291 g/mol. The molecule has 3 N–H and O–H groups in total. The molecule has 0 radical (unpaired) electrons. The van der Waals surface area contributed by atoms with Crippen molar-refractivity contribution in [2.45, 2.75) is 39.0 Å². The van der Waals surface area contributed by atoms with Crippen molar-refractivity contribution in [3.8, 4) is 0 Å². The van der Waals surface area contributed by atoms with E-state index in [0.29, 0.717) is 12.3 Å². The van der Waals surface area contributed by atoms with E-state index in [9.17, 15) is 18.0 Å². The molecule has 1 heterocycles. The third-order valence-electron chi connectivity index (χ3n) is 2.79. The molecule has 1 aromatic heterocycles. The molecule has 20 heavy (non-hydrogen) atoms. The Kier molecular flexibility index (Phi) is 5.62. The summed E-state index contributed by atoms with van der Waals surface area (Å²) in [6, 6.07) is 2.54. The zero-order valence-corrected chi connectivity index (χ0v) is 11.6. The average molecular weight is 291 g/mol. The summed E-state index contributed by atoms with van der Waals surface area (Å²) >= 11 is 0. The number of hydrogen-bond acceptors (Lipinski definition) is 2. The molecule has 1 amide bonds. The molecule has 0 aliphatic carbocycles. The third kappa shape index (κ3) is 5.24. The molecule has 1 aromatic rings. The summed E-state index contributed by atoms with van der Waals surface area (Å²) in [5.41, 5.74) is 5.55. The number of nitrogens with two attached hydrogens (primary N) is 1. The van der Waals surface area contributed by atoms with Crippen molar-refractivity contribution in [3.63, 3.8) is 0 Å². The van der Waals surface area contributed by atoms with E-state index in [4.69, 9.17) is 5.73 Å². The summed E-state index contributed by atoms with van der Waals surface area (Å²) in [4.78, 5) is 12.0. The van der Waals surface area contributed by atoms with E-state index in [2.05, 4.69) is 5.32 Å². The molecule has 0 saturated carbocycles. The fourth-order valence-electron chi connectivity index (χ4n) is 1.99. The van der Waals surface area contributed by atoms with Gasteiger partial charge in [0, 0.05) is 18.8 Å². The molecule has 4 nitrogen and oxygen atoms in total. The van der Waals surface area contributed by atoms with Crippen molar-refractivity contribution in [1.29, 1.82) is 0 Å². The number of aromatic nitrogens is 1. The zero-order valence-electron chi connectivity index (χ0n) is 11.6. The van der Waals surface area contributed by atoms with E-state index >= 15 is 0 Å². The van der Waals surface area contributed by atoms with Gasteiger partial charge in [0.25, 0.3) is 5.91 Å². The van der Waals surface area contributed by atoms with Gasteiger partial charge < -0.3 is 15.6 Å². The van der Waals surface area contributed by atoms with Gasteiger partial charge in [-0.1, -0.05) is 13.8 Å². The minimum atomic E-state index is -4.36. The summed E-state index contributed by atoms with van der Waals surface area (Å²) in [5.74, 6) is -0.193. The van der Waals surface area contributed by atoms with Crippen LogP contribution < -0.4 is 11.1 Å². The van der Waals surface area contributed by atoms with Crippen molar-refractivity contribution < 1.29 is 18.0 Å². The smallest absolute Gasteiger partial charge is 0.347 e. The van der Waals surface area contributed by atoms with Crippen LogP contribution in [0.1, 0.15) is 30.8 Å². The Bertz CT molecular complexity index is 440. The molecule has 0 aromatic carbocycles. The van der Waals surface area contributed by atoms with E-state index in [1.807, 2.05) is 13.8 Å². The number of carbonyl (C=O) groups excluding carboxylic acids is 1. The highest BCUT2D eigenvalue weighted by molar-refractivity contribution is 5.92. The number of hydrogen-bond donors (Lipinski definition) is 2. The van der Waals surface area contributed by atoms with Crippen molar-refractivity contribution in [2.24, 2.45) is 11.7 Å². The minimum Gasteiger partial charge on any atom is -0.347 e. The second-order valence-electron chi connectivity index (χ2n) is 5.17. The van der Waals surface area contributed by atoms with Gasteiger partial charge >= 0.3 is 6.18 Å². The highest BCUT2D eigenvalue weighted by Crippen LogP contribution is 2.19. The van der Waals surface area contributed by atoms with E-state index in [1.54, 1.807) is 0 Å². The normalized spacial score (nSPS) is 13.6.